The van der Waals surface area contributed by atoms with Crippen LogP contribution in [0.3, 0.4) is 0 Å². The number of nitrogens with one attached hydrogen (secondary N) is 2. The number of piperidine rings is 1. The molecule has 21 nitrogen and oxygen atoms in total. The Labute approximate surface area is 369 Å². The Bertz CT molecular complexity index is 1440. The molecule has 0 aliphatic carbocycles. The number of ether oxygens (including phenoxy) is 13. The van der Waals surface area contributed by atoms with Gasteiger partial charge in [-0.3, -0.25) is 34.2 Å². The van der Waals surface area contributed by atoms with E-state index in [0.717, 1.165) is 4.90 Å². The largest absolute Gasteiger partial charge is 0.466 e. The van der Waals surface area contributed by atoms with Gasteiger partial charge < -0.3 is 66.9 Å². The summed E-state index contributed by atoms with van der Waals surface area (Å²) in [6, 6.07) is 3.89. The summed E-state index contributed by atoms with van der Waals surface area (Å²) in [5.74, 6) is -2.45. The van der Waals surface area contributed by atoms with Crippen LogP contribution in [0.2, 0.25) is 0 Å². The van der Waals surface area contributed by atoms with Crippen LogP contribution in [-0.4, -0.2) is 212 Å². The normalized spacial score (nSPS) is 15.0. The quantitative estimate of drug-likeness (QED) is 0.0521. The highest BCUT2D eigenvalue weighted by atomic mass is 16.6. The molecule has 1 aromatic carbocycles. The summed E-state index contributed by atoms with van der Waals surface area (Å²) in [6.07, 6.45) is 0.404. The van der Waals surface area contributed by atoms with Crippen LogP contribution < -0.4 is 10.6 Å². The van der Waals surface area contributed by atoms with Crippen molar-refractivity contribution in [2.24, 2.45) is 0 Å². The molecule has 0 bridgehead atoms. The number of amides is 4. The summed E-state index contributed by atoms with van der Waals surface area (Å²) < 4.78 is 70.5. The maximum atomic E-state index is 13.2. The minimum Gasteiger partial charge on any atom is -0.466 e. The molecule has 1 saturated heterocycles. The Morgan fingerprint density at radius 2 is 0.968 bits per heavy atom. The van der Waals surface area contributed by atoms with Gasteiger partial charge in [0.1, 0.15) is 6.04 Å². The van der Waals surface area contributed by atoms with E-state index in [1.54, 1.807) is 25.1 Å². The van der Waals surface area contributed by atoms with Crippen LogP contribution in [0, 0.1) is 0 Å². The van der Waals surface area contributed by atoms with E-state index in [1.807, 2.05) is 0 Å². The first kappa shape index (κ1) is 53.6. The first-order chi connectivity index (χ1) is 30.9. The van der Waals surface area contributed by atoms with Crippen molar-refractivity contribution in [1.29, 1.82) is 0 Å². The van der Waals surface area contributed by atoms with E-state index in [2.05, 4.69) is 10.6 Å². The molecule has 1 unspecified atom stereocenters. The van der Waals surface area contributed by atoms with Crippen LogP contribution in [0.1, 0.15) is 46.9 Å². The fraction of sp³-hybridized carbons (Fsp3) is 0.738. The number of esters is 1. The third-order valence-electron chi connectivity index (χ3n) is 8.88. The monoisotopic (exact) mass is 901 g/mol. The predicted molar refractivity (Wildman–Crippen MR) is 223 cm³/mol. The summed E-state index contributed by atoms with van der Waals surface area (Å²) in [5.41, 5.74) is 0.894. The van der Waals surface area contributed by atoms with Gasteiger partial charge in [-0.25, -0.2) is 0 Å². The summed E-state index contributed by atoms with van der Waals surface area (Å²) in [4.78, 5) is 62.1. The fourth-order valence-corrected chi connectivity index (χ4v) is 5.83. The number of carbonyl (C=O) groups excluding carboxylic acids is 5. The molecule has 63 heavy (non-hydrogen) atoms. The average molecular weight is 902 g/mol. The predicted octanol–water partition coefficient (Wildman–Crippen LogP) is 0.652. The number of hydrogen-bond acceptors (Lipinski definition) is 19. The molecule has 1 aromatic rings. The second-order valence-corrected chi connectivity index (χ2v) is 13.5. The number of carbonyl (C=O) groups is 5. The molecule has 358 valence electrons. The molecule has 1 fully saturated rings. The van der Waals surface area contributed by atoms with Gasteiger partial charge in [-0.15, -0.1) is 0 Å². The van der Waals surface area contributed by atoms with Crippen LogP contribution in [0.25, 0.3) is 0 Å². The molecular weight excluding hydrogens is 834 g/mol. The molecule has 2 heterocycles. The first-order valence-electron chi connectivity index (χ1n) is 21.6. The van der Waals surface area contributed by atoms with Crippen LogP contribution >= 0.6 is 0 Å². The van der Waals surface area contributed by atoms with Gasteiger partial charge in [0.15, 0.2) is 0 Å². The number of fused-ring (bicyclic) bond motifs is 1. The van der Waals surface area contributed by atoms with Crippen LogP contribution in [0.4, 0.5) is 5.69 Å². The molecule has 2 aliphatic rings. The zero-order valence-electron chi connectivity index (χ0n) is 36.6. The third-order valence-corrected chi connectivity index (χ3v) is 8.88. The van der Waals surface area contributed by atoms with Crippen LogP contribution in [0.5, 0.6) is 0 Å². The van der Waals surface area contributed by atoms with Gasteiger partial charge in [-0.2, -0.15) is 0 Å². The highest BCUT2D eigenvalue weighted by Gasteiger charge is 2.45. The molecule has 0 aromatic heterocycles. The fourth-order valence-electron chi connectivity index (χ4n) is 5.83. The minimum atomic E-state index is -1.02. The Hall–Kier alpha value is -3.71. The van der Waals surface area contributed by atoms with Gasteiger partial charge in [-0.05, 0) is 25.5 Å². The second-order valence-electron chi connectivity index (χ2n) is 13.5. The SMILES string of the molecule is CCOC(=O)CCOCCOCCOCCOCCOCCOCCOCCOCCOCCOCCOCCOCCNc1cccc2c1C(=O)N(C1CCC(=O)NC1=O)C2=O. The minimum absolute atomic E-state index is 0.0615. The highest BCUT2D eigenvalue weighted by Crippen LogP contribution is 2.32. The van der Waals surface area contributed by atoms with E-state index in [1.165, 1.54) is 0 Å². The lowest BCUT2D eigenvalue weighted by Crippen LogP contribution is -2.54. The number of imide groups is 2. The Balaban J connectivity index is 0.962. The average Bonchev–Trinajstić information content (AvgIpc) is 3.53. The molecule has 4 amide bonds. The smallest absolute Gasteiger partial charge is 0.308 e. The van der Waals surface area contributed by atoms with E-state index in [4.69, 9.17) is 61.6 Å². The van der Waals surface area contributed by atoms with Crippen LogP contribution in [-0.2, 0) is 76.0 Å². The Morgan fingerprint density at radius 1 is 0.571 bits per heavy atom. The van der Waals surface area contributed by atoms with Gasteiger partial charge in [0.05, 0.1) is 183 Å². The number of hydrogen-bond donors (Lipinski definition) is 2. The molecule has 2 aliphatic heterocycles. The standard InChI is InChI=1S/C42H67N3O18/c1-2-63-38(47)8-10-51-12-14-53-16-18-55-20-22-57-24-26-59-28-30-61-32-33-62-31-29-60-27-25-58-23-21-56-19-17-54-15-13-52-11-9-43-35-5-3-4-34-39(35)42(50)45(41(34)49)36-6-7-37(46)44-40(36)48/h3-5,36,43H,2,6-33H2,1H3,(H,44,46,48). The van der Waals surface area contributed by atoms with E-state index in [-0.39, 0.29) is 36.4 Å². The van der Waals surface area contributed by atoms with Crippen molar-refractivity contribution in [3.63, 3.8) is 0 Å². The number of benzene rings is 1. The summed E-state index contributed by atoms with van der Waals surface area (Å²) >= 11 is 0. The summed E-state index contributed by atoms with van der Waals surface area (Å²) in [7, 11) is 0. The molecule has 2 N–H and O–H groups in total. The summed E-state index contributed by atoms with van der Waals surface area (Å²) in [5, 5.41) is 5.33. The lowest BCUT2D eigenvalue weighted by molar-refractivity contribution is -0.144. The van der Waals surface area contributed by atoms with Crippen molar-refractivity contribution < 1.29 is 85.6 Å². The number of nitrogens with zero attached hydrogens (tertiary/aromatic N) is 1. The van der Waals surface area contributed by atoms with Gasteiger partial charge in [0.25, 0.3) is 11.8 Å². The topological polar surface area (TPSA) is 233 Å². The van der Waals surface area contributed by atoms with Gasteiger partial charge in [0, 0.05) is 18.7 Å². The van der Waals surface area contributed by atoms with Gasteiger partial charge >= 0.3 is 5.97 Å². The molecule has 0 radical (unpaired) electrons. The van der Waals surface area contributed by atoms with Crippen LogP contribution in [0.15, 0.2) is 18.2 Å². The number of anilines is 1. The second kappa shape index (κ2) is 35.6. The Morgan fingerprint density at radius 3 is 1.37 bits per heavy atom. The zero-order valence-corrected chi connectivity index (χ0v) is 36.6. The molecular formula is C42H67N3O18. The van der Waals surface area contributed by atoms with Crippen molar-refractivity contribution in [2.75, 3.05) is 177 Å². The molecule has 0 saturated carbocycles. The molecule has 21 heteroatoms. The summed E-state index contributed by atoms with van der Waals surface area (Å²) in [6.45, 7) is 13.0. The van der Waals surface area contributed by atoms with Crippen molar-refractivity contribution in [2.45, 2.75) is 32.2 Å². The maximum absolute atomic E-state index is 13.2. The van der Waals surface area contributed by atoms with E-state index in [9.17, 15) is 24.0 Å². The lowest BCUT2D eigenvalue weighted by atomic mass is 10.0. The third kappa shape index (κ3) is 23.7. The zero-order chi connectivity index (χ0) is 45.0. The number of rotatable bonds is 42. The van der Waals surface area contributed by atoms with Crippen molar-refractivity contribution >= 4 is 35.3 Å². The van der Waals surface area contributed by atoms with E-state index >= 15 is 0 Å². The van der Waals surface area contributed by atoms with E-state index in [0.29, 0.717) is 177 Å². The highest BCUT2D eigenvalue weighted by molar-refractivity contribution is 6.25. The molecule has 1 atom stereocenters. The first-order valence-corrected chi connectivity index (χ1v) is 21.6. The lowest BCUT2D eigenvalue weighted by Gasteiger charge is -2.27. The van der Waals surface area contributed by atoms with Crippen molar-refractivity contribution in [1.82, 2.24) is 10.2 Å². The van der Waals surface area contributed by atoms with Gasteiger partial charge in [0.2, 0.25) is 11.8 Å². The molecule has 3 rings (SSSR count). The Kier molecular flexibility index (Phi) is 30.3. The van der Waals surface area contributed by atoms with Crippen molar-refractivity contribution in [3.8, 4) is 0 Å². The molecule has 0 spiro atoms. The van der Waals surface area contributed by atoms with Crippen molar-refractivity contribution in [3.05, 3.63) is 29.3 Å². The van der Waals surface area contributed by atoms with Gasteiger partial charge in [-0.1, -0.05) is 6.07 Å². The maximum Gasteiger partial charge on any atom is 0.308 e. The van der Waals surface area contributed by atoms with E-state index < -0.39 is 29.7 Å².